The molecule has 1 N–H and O–H groups in total. The summed E-state index contributed by atoms with van der Waals surface area (Å²) in [6, 6.07) is 7.11. The Morgan fingerprint density at radius 3 is 3.20 bits per heavy atom. The van der Waals surface area contributed by atoms with Gasteiger partial charge in [0.25, 0.3) is 0 Å². The molecule has 0 saturated carbocycles. The molecule has 0 amide bonds. The van der Waals surface area contributed by atoms with E-state index in [0.29, 0.717) is 12.0 Å². The number of piperidine rings is 1. The zero-order valence-corrected chi connectivity index (χ0v) is 11.5. The van der Waals surface area contributed by atoms with Crippen molar-refractivity contribution in [1.29, 1.82) is 0 Å². The first kappa shape index (κ1) is 11.8. The van der Waals surface area contributed by atoms with Gasteiger partial charge in [-0.15, -0.1) is 0 Å². The van der Waals surface area contributed by atoms with E-state index in [1.165, 1.54) is 22.0 Å². The van der Waals surface area contributed by atoms with Gasteiger partial charge in [-0.25, -0.2) is 0 Å². The summed E-state index contributed by atoms with van der Waals surface area (Å²) in [4.78, 5) is 8.75. The molecule has 0 spiro atoms. The van der Waals surface area contributed by atoms with Crippen molar-refractivity contribution in [3.8, 4) is 0 Å². The van der Waals surface area contributed by atoms with Crippen LogP contribution in [0.15, 0.2) is 29.5 Å². The van der Waals surface area contributed by atoms with E-state index in [2.05, 4.69) is 51.4 Å². The predicted molar refractivity (Wildman–Crippen MR) is 78.7 cm³/mol. The molecular weight excluding hydrogens is 250 g/mol. The summed E-state index contributed by atoms with van der Waals surface area (Å²) in [5, 5.41) is 5.36. The Balaban J connectivity index is 1.84. The van der Waals surface area contributed by atoms with Crippen molar-refractivity contribution in [3.63, 3.8) is 0 Å². The number of rotatable bonds is 1. The number of H-pyrrole nitrogens is 1. The number of aromatic amines is 1. The second kappa shape index (κ2) is 4.27. The van der Waals surface area contributed by atoms with Gasteiger partial charge in [-0.1, -0.05) is 17.2 Å². The zero-order valence-electron chi connectivity index (χ0n) is 11.5. The number of azide groups is 1. The van der Waals surface area contributed by atoms with E-state index < -0.39 is 0 Å². The lowest BCUT2D eigenvalue weighted by Gasteiger charge is -2.44. The van der Waals surface area contributed by atoms with Crippen LogP contribution in [0.2, 0.25) is 0 Å². The van der Waals surface area contributed by atoms with E-state index in [0.717, 1.165) is 19.4 Å². The molecule has 0 unspecified atom stereocenters. The van der Waals surface area contributed by atoms with Crippen LogP contribution >= 0.6 is 0 Å². The van der Waals surface area contributed by atoms with Crippen molar-refractivity contribution in [2.45, 2.75) is 30.8 Å². The molecule has 1 aliphatic carbocycles. The number of nitrogens with zero attached hydrogens (tertiary/aromatic N) is 4. The lowest BCUT2D eigenvalue weighted by molar-refractivity contribution is 0.141. The largest absolute Gasteiger partial charge is 0.361 e. The van der Waals surface area contributed by atoms with Gasteiger partial charge in [-0.3, -0.25) is 0 Å². The number of hydrogen-bond donors (Lipinski definition) is 1. The Bertz CT molecular complexity index is 712. The Morgan fingerprint density at radius 1 is 1.45 bits per heavy atom. The Hall–Kier alpha value is -1.97. The molecular formula is C15H17N5. The fourth-order valence-corrected chi connectivity index (χ4v) is 4.07. The molecule has 2 aromatic rings. The summed E-state index contributed by atoms with van der Waals surface area (Å²) in [6.45, 7) is 0.862. The van der Waals surface area contributed by atoms with Gasteiger partial charge in [0.1, 0.15) is 0 Å². The van der Waals surface area contributed by atoms with E-state index >= 15 is 0 Å². The highest BCUT2D eigenvalue weighted by molar-refractivity contribution is 5.88. The highest BCUT2D eigenvalue weighted by Crippen LogP contribution is 2.43. The second-order valence-corrected chi connectivity index (χ2v) is 6.00. The number of likely N-dealkylation sites (tertiary alicyclic amines) is 1. The van der Waals surface area contributed by atoms with Crippen molar-refractivity contribution >= 4 is 10.9 Å². The van der Waals surface area contributed by atoms with Gasteiger partial charge < -0.3 is 9.88 Å². The van der Waals surface area contributed by atoms with Gasteiger partial charge in [0, 0.05) is 40.5 Å². The van der Waals surface area contributed by atoms with Gasteiger partial charge in [-0.2, -0.15) is 0 Å². The van der Waals surface area contributed by atoms with Crippen LogP contribution in [0.1, 0.15) is 23.5 Å². The van der Waals surface area contributed by atoms with Crippen molar-refractivity contribution < 1.29 is 0 Å². The molecule has 1 saturated heterocycles. The first-order chi connectivity index (χ1) is 9.78. The quantitative estimate of drug-likeness (QED) is 0.481. The maximum absolute atomic E-state index is 8.71. The average Bonchev–Trinajstić information content (AvgIpc) is 2.86. The van der Waals surface area contributed by atoms with Crippen LogP contribution in [-0.2, 0) is 6.42 Å². The van der Waals surface area contributed by atoms with E-state index in [1.54, 1.807) is 0 Å². The van der Waals surface area contributed by atoms with Gasteiger partial charge >= 0.3 is 0 Å². The normalized spacial score (nSPS) is 28.9. The Labute approximate surface area is 117 Å². The van der Waals surface area contributed by atoms with Crippen molar-refractivity contribution in [1.82, 2.24) is 9.88 Å². The molecule has 0 radical (unpaired) electrons. The number of nitrogens with one attached hydrogen (secondary N) is 1. The van der Waals surface area contributed by atoms with E-state index in [1.807, 2.05) is 0 Å². The van der Waals surface area contributed by atoms with Gasteiger partial charge in [-0.05, 0) is 42.6 Å². The van der Waals surface area contributed by atoms with Crippen LogP contribution < -0.4 is 0 Å². The highest BCUT2D eigenvalue weighted by atomic mass is 15.2. The van der Waals surface area contributed by atoms with Crippen molar-refractivity contribution in [3.05, 3.63) is 46.0 Å². The molecule has 3 atom stereocenters. The smallest absolute Gasteiger partial charge is 0.0507 e. The third-order valence-electron chi connectivity index (χ3n) is 4.92. The van der Waals surface area contributed by atoms with Crippen LogP contribution in [0, 0.1) is 0 Å². The second-order valence-electron chi connectivity index (χ2n) is 6.00. The molecule has 1 aromatic heterocycles. The van der Waals surface area contributed by atoms with Crippen LogP contribution in [0.3, 0.4) is 0 Å². The number of likely N-dealkylation sites (N-methyl/N-ethyl adjacent to an activating group) is 1. The van der Waals surface area contributed by atoms with Crippen molar-refractivity contribution in [2.24, 2.45) is 5.11 Å². The Morgan fingerprint density at radius 2 is 2.35 bits per heavy atom. The number of aromatic nitrogens is 1. The SMILES string of the molecule is CN1C[C@@H](N=[N+]=[N-])C[C@@H]2c3cccc4[nH]cc(c34)C[C@H]21. The van der Waals surface area contributed by atoms with Gasteiger partial charge in [0.15, 0.2) is 0 Å². The Kier molecular flexibility index (Phi) is 2.52. The van der Waals surface area contributed by atoms with Crippen molar-refractivity contribution in [2.75, 3.05) is 13.6 Å². The molecule has 5 heteroatoms. The molecule has 0 bridgehead atoms. The third kappa shape index (κ3) is 1.57. The lowest BCUT2D eigenvalue weighted by Crippen LogP contribution is -2.49. The summed E-state index contributed by atoms with van der Waals surface area (Å²) >= 11 is 0. The first-order valence-corrected chi connectivity index (χ1v) is 7.11. The van der Waals surface area contributed by atoms with E-state index in [4.69, 9.17) is 5.53 Å². The first-order valence-electron chi connectivity index (χ1n) is 7.11. The van der Waals surface area contributed by atoms with Crippen LogP contribution in [0.5, 0.6) is 0 Å². The van der Waals surface area contributed by atoms with E-state index in [-0.39, 0.29) is 6.04 Å². The van der Waals surface area contributed by atoms with E-state index in [9.17, 15) is 0 Å². The molecule has 2 heterocycles. The van der Waals surface area contributed by atoms with Gasteiger partial charge in [0.2, 0.25) is 0 Å². The summed E-state index contributed by atoms with van der Waals surface area (Å²) in [7, 11) is 2.15. The minimum atomic E-state index is 0.0852. The molecule has 1 aromatic carbocycles. The topological polar surface area (TPSA) is 67.8 Å². The summed E-state index contributed by atoms with van der Waals surface area (Å²) in [6.07, 6.45) is 4.20. The minimum absolute atomic E-state index is 0.0852. The predicted octanol–water partition coefficient (Wildman–Crippen LogP) is 3.19. The van der Waals surface area contributed by atoms with Crippen LogP contribution in [0.4, 0.5) is 0 Å². The number of hydrogen-bond acceptors (Lipinski definition) is 2. The summed E-state index contributed by atoms with van der Waals surface area (Å²) in [5.41, 5.74) is 12.8. The molecule has 2 aliphatic rings. The number of fused-ring (bicyclic) bond motifs is 2. The summed E-state index contributed by atoms with van der Waals surface area (Å²) < 4.78 is 0. The minimum Gasteiger partial charge on any atom is -0.361 e. The number of benzene rings is 1. The fourth-order valence-electron chi connectivity index (χ4n) is 4.07. The van der Waals surface area contributed by atoms with Crippen LogP contribution in [-0.4, -0.2) is 35.6 Å². The molecule has 20 heavy (non-hydrogen) atoms. The lowest BCUT2D eigenvalue weighted by atomic mass is 9.74. The highest BCUT2D eigenvalue weighted by Gasteiger charge is 2.38. The fraction of sp³-hybridized carbons (Fsp3) is 0.467. The third-order valence-corrected chi connectivity index (χ3v) is 4.92. The standard InChI is InChI=1S/C15H17N5/c1-20-8-10(18-19-16)6-12-11-3-2-4-13-15(11)9(7-17-13)5-14(12)20/h2-4,7,10,12,14,17H,5-6,8H2,1H3/t10-,12+,14+/m0/s1. The summed E-state index contributed by atoms with van der Waals surface area (Å²) in [5.74, 6) is 0.469. The molecule has 5 nitrogen and oxygen atoms in total. The van der Waals surface area contributed by atoms with Gasteiger partial charge in [0.05, 0.1) is 6.04 Å². The van der Waals surface area contributed by atoms with Crippen LogP contribution in [0.25, 0.3) is 21.3 Å². The monoisotopic (exact) mass is 267 g/mol. The molecule has 1 fully saturated rings. The maximum atomic E-state index is 8.71. The molecule has 102 valence electrons. The maximum Gasteiger partial charge on any atom is 0.0507 e. The molecule has 4 rings (SSSR count). The molecule has 1 aliphatic heterocycles. The average molecular weight is 267 g/mol. The zero-order chi connectivity index (χ0) is 13.7.